The molecule has 0 heterocycles. The Morgan fingerprint density at radius 1 is 1.09 bits per heavy atom. The minimum Gasteiger partial charge on any atom is -0.469 e. The van der Waals surface area contributed by atoms with Gasteiger partial charge in [0.25, 0.3) is 15.8 Å². The van der Waals surface area contributed by atoms with Crippen molar-refractivity contribution in [1.29, 1.82) is 0 Å². The van der Waals surface area contributed by atoms with Crippen LogP contribution in [0.3, 0.4) is 0 Å². The lowest BCUT2D eigenvalue weighted by Crippen LogP contribution is -2.19. The molecule has 34 heavy (non-hydrogen) atoms. The van der Waals surface area contributed by atoms with Crippen molar-refractivity contribution in [2.75, 3.05) is 18.6 Å². The summed E-state index contributed by atoms with van der Waals surface area (Å²) >= 11 is 1.53. The van der Waals surface area contributed by atoms with E-state index in [1.165, 1.54) is 63.1 Å². The third-order valence-electron chi connectivity index (χ3n) is 5.15. The van der Waals surface area contributed by atoms with E-state index in [1.807, 2.05) is 6.08 Å². The first-order valence-corrected chi connectivity index (χ1v) is 14.3. The fourth-order valence-corrected chi connectivity index (χ4v) is 5.22. The highest BCUT2D eigenvalue weighted by Gasteiger charge is 2.22. The summed E-state index contributed by atoms with van der Waals surface area (Å²) in [6.45, 7) is 2.20. The second kappa shape index (κ2) is 17.5. The summed E-state index contributed by atoms with van der Waals surface area (Å²) in [5, 5.41) is 10.8. The average Bonchev–Trinajstić information content (AvgIpc) is 2.82. The fourth-order valence-electron chi connectivity index (χ4n) is 3.16. The van der Waals surface area contributed by atoms with Crippen LogP contribution in [0.2, 0.25) is 0 Å². The number of hydrogen-bond donors (Lipinski definition) is 0. The van der Waals surface area contributed by atoms with E-state index in [0.717, 1.165) is 25.0 Å². The number of nitro groups is 1. The smallest absolute Gasteiger partial charge is 0.306 e. The van der Waals surface area contributed by atoms with Gasteiger partial charge >= 0.3 is 5.97 Å². The number of thioether (sulfide) groups is 1. The van der Waals surface area contributed by atoms with E-state index in [1.54, 1.807) is 0 Å². The second-order valence-electron chi connectivity index (χ2n) is 7.91. The van der Waals surface area contributed by atoms with Crippen molar-refractivity contribution >= 4 is 33.5 Å². The van der Waals surface area contributed by atoms with Crippen molar-refractivity contribution in [3.05, 3.63) is 46.5 Å². The predicted octanol–water partition coefficient (Wildman–Crippen LogP) is 6.05. The summed E-state index contributed by atoms with van der Waals surface area (Å²) in [7, 11) is -2.72. The maximum absolute atomic E-state index is 12.7. The normalized spacial score (nSPS) is 12.6. The summed E-state index contributed by atoms with van der Waals surface area (Å²) in [6, 6.07) is 4.66. The zero-order valence-corrected chi connectivity index (χ0v) is 21.8. The molecule has 10 heteroatoms. The van der Waals surface area contributed by atoms with Crippen molar-refractivity contribution in [3.8, 4) is 0 Å². The highest BCUT2D eigenvalue weighted by molar-refractivity contribution is 7.99. The first-order valence-electron chi connectivity index (χ1n) is 11.8. The molecule has 0 fully saturated rings. The summed E-state index contributed by atoms with van der Waals surface area (Å²) in [5.41, 5.74) is -0.185. The van der Waals surface area contributed by atoms with Gasteiger partial charge in [0.05, 0.1) is 29.5 Å². The van der Waals surface area contributed by atoms with Crippen LogP contribution in [0.5, 0.6) is 0 Å². The van der Waals surface area contributed by atoms with Crippen LogP contribution in [0.4, 0.5) is 5.69 Å². The molecule has 0 aliphatic heterocycles. The van der Waals surface area contributed by atoms with Gasteiger partial charge in [-0.05, 0) is 43.6 Å². The lowest BCUT2D eigenvalue weighted by Gasteiger charge is -2.16. The zero-order chi connectivity index (χ0) is 25.2. The first kappa shape index (κ1) is 30.1. The van der Waals surface area contributed by atoms with Crippen LogP contribution in [0.25, 0.3) is 0 Å². The Balaban J connectivity index is 2.63. The number of unbranched alkanes of at least 4 members (excludes halogenated alkanes) is 6. The number of methoxy groups -OCH3 is 1. The topological polar surface area (TPSA) is 113 Å². The number of rotatable bonds is 19. The maximum atomic E-state index is 12.7. The lowest BCUT2D eigenvalue weighted by molar-refractivity contribution is -0.384. The standard InChI is InChI=1S/C24H37NO7S2/c1-3-4-5-6-7-8-9-10-11-12-22(17-19-33-20-18-24(26)31-2)32-34(29,30)23-15-13-21(14-16-23)25(27)28/h10-11,13-16,22H,3-9,12,17-20H2,1-2H3/b11-10-. The number of carbonyl (C=O) groups is 1. The maximum Gasteiger partial charge on any atom is 0.306 e. The number of esters is 1. The van der Waals surface area contributed by atoms with Gasteiger partial charge in [-0.15, -0.1) is 0 Å². The summed E-state index contributed by atoms with van der Waals surface area (Å²) in [4.78, 5) is 21.4. The van der Waals surface area contributed by atoms with E-state index in [4.69, 9.17) is 4.18 Å². The Morgan fingerprint density at radius 2 is 1.76 bits per heavy atom. The van der Waals surface area contributed by atoms with Crippen molar-refractivity contribution in [2.24, 2.45) is 0 Å². The predicted molar refractivity (Wildman–Crippen MR) is 135 cm³/mol. The molecule has 0 N–H and O–H groups in total. The number of ether oxygens (including phenoxy) is 1. The third-order valence-corrected chi connectivity index (χ3v) is 7.54. The van der Waals surface area contributed by atoms with Gasteiger partial charge in [0, 0.05) is 17.9 Å². The minimum atomic E-state index is -4.06. The van der Waals surface area contributed by atoms with Crippen LogP contribution in [0.1, 0.15) is 71.1 Å². The molecule has 0 bridgehead atoms. The number of hydrogen-bond acceptors (Lipinski definition) is 8. The van der Waals surface area contributed by atoms with Crippen molar-refractivity contribution in [3.63, 3.8) is 0 Å². The highest BCUT2D eigenvalue weighted by Crippen LogP contribution is 2.22. The quantitative estimate of drug-likeness (QED) is 0.0546. The summed E-state index contributed by atoms with van der Waals surface area (Å²) < 4.78 is 35.5. The van der Waals surface area contributed by atoms with Crippen molar-refractivity contribution in [1.82, 2.24) is 0 Å². The molecule has 8 nitrogen and oxygen atoms in total. The van der Waals surface area contributed by atoms with E-state index in [9.17, 15) is 23.3 Å². The zero-order valence-electron chi connectivity index (χ0n) is 20.1. The number of allylic oxidation sites excluding steroid dienone is 1. The molecular formula is C24H37NO7S2. The van der Waals surface area contributed by atoms with Crippen LogP contribution < -0.4 is 0 Å². The van der Waals surface area contributed by atoms with Crippen LogP contribution >= 0.6 is 11.8 Å². The van der Waals surface area contributed by atoms with Gasteiger partial charge in [-0.25, -0.2) is 0 Å². The Morgan fingerprint density at radius 3 is 2.41 bits per heavy atom. The van der Waals surface area contributed by atoms with E-state index < -0.39 is 21.1 Å². The van der Waals surface area contributed by atoms with Gasteiger partial charge in [-0.1, -0.05) is 51.2 Å². The lowest BCUT2D eigenvalue weighted by atomic mass is 10.1. The van der Waals surface area contributed by atoms with Gasteiger partial charge < -0.3 is 4.74 Å². The molecule has 0 aliphatic carbocycles. The van der Waals surface area contributed by atoms with Gasteiger partial charge in [0.15, 0.2) is 0 Å². The van der Waals surface area contributed by atoms with Gasteiger partial charge in [-0.3, -0.25) is 19.1 Å². The number of benzene rings is 1. The molecule has 0 aromatic heterocycles. The average molecular weight is 516 g/mol. The van der Waals surface area contributed by atoms with E-state index in [0.29, 0.717) is 30.8 Å². The Kier molecular flexibility index (Phi) is 15.5. The molecule has 1 aromatic rings. The van der Waals surface area contributed by atoms with Crippen LogP contribution in [0.15, 0.2) is 41.3 Å². The number of non-ortho nitro benzene ring substituents is 1. The van der Waals surface area contributed by atoms with Crippen LogP contribution in [-0.2, 0) is 23.8 Å². The fraction of sp³-hybridized carbons (Fsp3) is 0.625. The van der Waals surface area contributed by atoms with E-state index in [-0.39, 0.29) is 16.6 Å². The van der Waals surface area contributed by atoms with Gasteiger partial charge in [-0.2, -0.15) is 20.2 Å². The molecule has 0 saturated carbocycles. The first-order chi connectivity index (χ1) is 16.3. The molecule has 0 spiro atoms. The van der Waals surface area contributed by atoms with Crippen molar-refractivity contribution in [2.45, 2.75) is 82.1 Å². The molecule has 0 aliphatic rings. The van der Waals surface area contributed by atoms with Gasteiger partial charge in [0.1, 0.15) is 0 Å². The Hall–Kier alpha value is -1.91. The molecule has 1 rings (SSSR count). The number of nitro benzene ring substituents is 1. The van der Waals surface area contributed by atoms with Crippen molar-refractivity contribution < 1.29 is 27.1 Å². The van der Waals surface area contributed by atoms with Crippen LogP contribution in [0, 0.1) is 10.1 Å². The molecule has 1 unspecified atom stereocenters. The molecule has 0 saturated heterocycles. The molecular weight excluding hydrogens is 478 g/mol. The molecule has 0 radical (unpaired) electrons. The largest absolute Gasteiger partial charge is 0.469 e. The minimum absolute atomic E-state index is 0.113. The third kappa shape index (κ3) is 13.1. The Bertz CT molecular complexity index is 855. The molecule has 1 atom stereocenters. The van der Waals surface area contributed by atoms with E-state index >= 15 is 0 Å². The number of carbonyl (C=O) groups excluding carboxylic acids is 1. The molecule has 0 amide bonds. The monoisotopic (exact) mass is 515 g/mol. The highest BCUT2D eigenvalue weighted by atomic mass is 32.2. The van der Waals surface area contributed by atoms with Gasteiger partial charge in [0.2, 0.25) is 0 Å². The molecule has 192 valence electrons. The Labute approximate surface area is 207 Å². The second-order valence-corrected chi connectivity index (χ2v) is 10.7. The SMILES string of the molecule is CCCCCCCC/C=C\CC(CCSCCC(=O)OC)OS(=O)(=O)c1ccc([N+](=O)[O-])cc1. The van der Waals surface area contributed by atoms with Crippen LogP contribution in [-0.4, -0.2) is 44.0 Å². The van der Waals surface area contributed by atoms with E-state index in [2.05, 4.69) is 17.7 Å². The summed E-state index contributed by atoms with van der Waals surface area (Å²) in [6.07, 6.45) is 12.9. The number of nitrogens with zero attached hydrogens (tertiary/aromatic N) is 1. The molecule has 1 aromatic carbocycles. The summed E-state index contributed by atoms with van der Waals surface area (Å²) in [5.74, 6) is 0.934.